The Labute approximate surface area is 138 Å². The van der Waals surface area contributed by atoms with Crippen molar-refractivity contribution in [2.24, 2.45) is 5.73 Å². The van der Waals surface area contributed by atoms with Crippen LogP contribution in [-0.2, 0) is 10.0 Å². The highest BCUT2D eigenvalue weighted by atomic mass is 32.2. The van der Waals surface area contributed by atoms with Crippen molar-refractivity contribution in [1.29, 1.82) is 0 Å². The first-order chi connectivity index (χ1) is 10.6. The number of carbonyl (C=O) groups is 1. The SMILES string of the molecule is CC(C)(C)NS(=O)(=O)c1ccc(C(=O)N2CCC(N)CC2)cc1. The normalized spacial score (nSPS) is 17.3. The number of hydrogen-bond acceptors (Lipinski definition) is 4. The lowest BCUT2D eigenvalue weighted by molar-refractivity contribution is 0.0714. The topological polar surface area (TPSA) is 92.5 Å². The van der Waals surface area contributed by atoms with Crippen LogP contribution in [0.15, 0.2) is 29.2 Å². The molecule has 0 radical (unpaired) electrons. The minimum Gasteiger partial charge on any atom is -0.339 e. The maximum absolute atomic E-state index is 12.4. The summed E-state index contributed by atoms with van der Waals surface area (Å²) >= 11 is 0. The fourth-order valence-corrected chi connectivity index (χ4v) is 3.94. The molecule has 0 aromatic heterocycles. The van der Waals surface area contributed by atoms with Crippen molar-refractivity contribution in [1.82, 2.24) is 9.62 Å². The fraction of sp³-hybridized carbons (Fsp3) is 0.562. The first-order valence-electron chi connectivity index (χ1n) is 7.77. The number of amides is 1. The second-order valence-corrected chi connectivity index (χ2v) is 8.69. The maximum atomic E-state index is 12.4. The number of nitrogens with zero attached hydrogens (tertiary/aromatic N) is 1. The Bertz CT molecular complexity index is 655. The number of sulfonamides is 1. The van der Waals surface area contributed by atoms with Crippen LogP contribution in [0, 0.1) is 0 Å². The van der Waals surface area contributed by atoms with Crippen molar-refractivity contribution in [2.75, 3.05) is 13.1 Å². The summed E-state index contributed by atoms with van der Waals surface area (Å²) in [6.45, 7) is 6.63. The molecular weight excluding hydrogens is 314 g/mol. The molecule has 23 heavy (non-hydrogen) atoms. The summed E-state index contributed by atoms with van der Waals surface area (Å²) in [6, 6.07) is 6.23. The van der Waals surface area contributed by atoms with E-state index in [9.17, 15) is 13.2 Å². The zero-order valence-electron chi connectivity index (χ0n) is 13.9. The van der Waals surface area contributed by atoms with E-state index in [0.717, 1.165) is 12.8 Å². The van der Waals surface area contributed by atoms with E-state index in [0.29, 0.717) is 18.7 Å². The van der Waals surface area contributed by atoms with Gasteiger partial charge >= 0.3 is 0 Å². The molecule has 128 valence electrons. The lowest BCUT2D eigenvalue weighted by atomic mass is 10.1. The van der Waals surface area contributed by atoms with E-state index in [1.54, 1.807) is 37.8 Å². The van der Waals surface area contributed by atoms with Crippen LogP contribution in [-0.4, -0.2) is 43.9 Å². The van der Waals surface area contributed by atoms with Gasteiger partial charge in [-0.05, 0) is 57.9 Å². The van der Waals surface area contributed by atoms with Gasteiger partial charge in [-0.25, -0.2) is 13.1 Å². The van der Waals surface area contributed by atoms with E-state index >= 15 is 0 Å². The Kier molecular flexibility index (Phi) is 5.13. The molecule has 2 rings (SSSR count). The largest absolute Gasteiger partial charge is 0.339 e. The lowest BCUT2D eigenvalue weighted by Crippen LogP contribution is -2.42. The molecule has 0 bridgehead atoms. The van der Waals surface area contributed by atoms with Crippen LogP contribution >= 0.6 is 0 Å². The average molecular weight is 339 g/mol. The van der Waals surface area contributed by atoms with Crippen LogP contribution in [0.5, 0.6) is 0 Å². The van der Waals surface area contributed by atoms with Gasteiger partial charge in [-0.1, -0.05) is 0 Å². The van der Waals surface area contributed by atoms with Gasteiger partial charge in [0.25, 0.3) is 5.91 Å². The predicted molar refractivity (Wildman–Crippen MR) is 89.6 cm³/mol. The predicted octanol–water partition coefficient (Wildman–Crippen LogP) is 1.33. The summed E-state index contributed by atoms with van der Waals surface area (Å²) in [5.74, 6) is -0.0790. The molecule has 7 heteroatoms. The summed E-state index contributed by atoms with van der Waals surface area (Å²) in [4.78, 5) is 14.3. The number of likely N-dealkylation sites (tertiary alicyclic amines) is 1. The third kappa shape index (κ3) is 4.76. The zero-order chi connectivity index (χ0) is 17.3. The lowest BCUT2D eigenvalue weighted by Gasteiger charge is -2.30. The molecule has 1 heterocycles. The van der Waals surface area contributed by atoms with Crippen molar-refractivity contribution in [3.05, 3.63) is 29.8 Å². The van der Waals surface area contributed by atoms with Crippen LogP contribution in [0.3, 0.4) is 0 Å². The Morgan fingerprint density at radius 3 is 2.17 bits per heavy atom. The van der Waals surface area contributed by atoms with E-state index in [1.807, 2.05) is 0 Å². The number of piperidine rings is 1. The molecule has 1 saturated heterocycles. The molecule has 1 aliphatic rings. The molecule has 0 atom stereocenters. The summed E-state index contributed by atoms with van der Waals surface area (Å²) < 4.78 is 27.1. The molecule has 1 aromatic rings. The molecule has 1 aromatic carbocycles. The number of benzene rings is 1. The summed E-state index contributed by atoms with van der Waals surface area (Å²) in [7, 11) is -3.58. The Morgan fingerprint density at radius 2 is 1.70 bits per heavy atom. The molecule has 0 unspecified atom stereocenters. The Morgan fingerprint density at radius 1 is 1.17 bits per heavy atom. The number of nitrogens with one attached hydrogen (secondary N) is 1. The molecule has 6 nitrogen and oxygen atoms in total. The highest BCUT2D eigenvalue weighted by Crippen LogP contribution is 2.17. The smallest absolute Gasteiger partial charge is 0.253 e. The molecule has 3 N–H and O–H groups in total. The quantitative estimate of drug-likeness (QED) is 0.869. The molecule has 0 saturated carbocycles. The Balaban J connectivity index is 2.12. The van der Waals surface area contributed by atoms with Gasteiger partial charge in [0, 0.05) is 30.2 Å². The van der Waals surface area contributed by atoms with Crippen molar-refractivity contribution in [3.63, 3.8) is 0 Å². The molecule has 0 spiro atoms. The van der Waals surface area contributed by atoms with Crippen molar-refractivity contribution < 1.29 is 13.2 Å². The number of nitrogens with two attached hydrogens (primary N) is 1. The van der Waals surface area contributed by atoms with Crippen LogP contribution in [0.2, 0.25) is 0 Å². The van der Waals surface area contributed by atoms with Crippen molar-refractivity contribution >= 4 is 15.9 Å². The van der Waals surface area contributed by atoms with Gasteiger partial charge in [-0.2, -0.15) is 0 Å². The van der Waals surface area contributed by atoms with E-state index in [-0.39, 0.29) is 16.8 Å². The van der Waals surface area contributed by atoms with Crippen molar-refractivity contribution in [2.45, 2.75) is 50.1 Å². The van der Waals surface area contributed by atoms with Gasteiger partial charge in [0.2, 0.25) is 10.0 Å². The second kappa shape index (κ2) is 6.59. The van der Waals surface area contributed by atoms with Gasteiger partial charge in [-0.15, -0.1) is 0 Å². The summed E-state index contributed by atoms with van der Waals surface area (Å²) in [5.41, 5.74) is 5.78. The fourth-order valence-electron chi connectivity index (χ4n) is 2.52. The van der Waals surface area contributed by atoms with Gasteiger partial charge < -0.3 is 10.6 Å². The van der Waals surface area contributed by atoms with Gasteiger partial charge in [0.1, 0.15) is 0 Å². The third-order valence-electron chi connectivity index (χ3n) is 3.68. The van der Waals surface area contributed by atoms with Crippen LogP contribution in [0.25, 0.3) is 0 Å². The molecular formula is C16H25N3O3S. The van der Waals surface area contributed by atoms with Gasteiger partial charge in [-0.3, -0.25) is 4.79 Å². The Hall–Kier alpha value is -1.44. The van der Waals surface area contributed by atoms with E-state index in [1.165, 1.54) is 12.1 Å². The second-order valence-electron chi connectivity index (χ2n) is 7.01. The van der Waals surface area contributed by atoms with E-state index in [2.05, 4.69) is 4.72 Å². The molecule has 1 amide bonds. The highest BCUT2D eigenvalue weighted by molar-refractivity contribution is 7.89. The molecule has 1 aliphatic heterocycles. The highest BCUT2D eigenvalue weighted by Gasteiger charge is 2.24. The number of carbonyl (C=O) groups excluding carboxylic acids is 1. The van der Waals surface area contributed by atoms with Crippen LogP contribution < -0.4 is 10.5 Å². The van der Waals surface area contributed by atoms with Gasteiger partial charge in [0.15, 0.2) is 0 Å². The van der Waals surface area contributed by atoms with Crippen LogP contribution in [0.4, 0.5) is 0 Å². The average Bonchev–Trinajstić information content (AvgIpc) is 2.45. The summed E-state index contributed by atoms with van der Waals surface area (Å²) in [5, 5.41) is 0. The first kappa shape index (κ1) is 17.9. The minimum atomic E-state index is -3.58. The standard InChI is InChI=1S/C16H25N3O3S/c1-16(2,3)18-23(21,22)14-6-4-12(5-7-14)15(20)19-10-8-13(17)9-11-19/h4-7,13,18H,8-11,17H2,1-3H3. The maximum Gasteiger partial charge on any atom is 0.253 e. The number of rotatable bonds is 3. The molecule has 1 fully saturated rings. The van der Waals surface area contributed by atoms with E-state index in [4.69, 9.17) is 5.73 Å². The zero-order valence-corrected chi connectivity index (χ0v) is 14.7. The minimum absolute atomic E-state index is 0.0790. The third-order valence-corrected chi connectivity index (χ3v) is 5.45. The number of hydrogen-bond donors (Lipinski definition) is 2. The summed E-state index contributed by atoms with van der Waals surface area (Å²) in [6.07, 6.45) is 1.60. The van der Waals surface area contributed by atoms with Crippen LogP contribution in [0.1, 0.15) is 44.0 Å². The first-order valence-corrected chi connectivity index (χ1v) is 9.26. The molecule has 0 aliphatic carbocycles. The monoisotopic (exact) mass is 339 g/mol. The van der Waals surface area contributed by atoms with Crippen molar-refractivity contribution in [3.8, 4) is 0 Å². The van der Waals surface area contributed by atoms with Gasteiger partial charge in [0.05, 0.1) is 4.90 Å². The van der Waals surface area contributed by atoms with E-state index < -0.39 is 15.6 Å².